The standard InChI is InChI=1S/C12H11N3O2S/c1-6-8-5-7(16-2)3-4-9(8)13-10(6)11-14-15-12(18)17-11/h3-5,13H,1-2H3,(H,15,18). The number of rotatable bonds is 2. The number of hydrogen-bond donors (Lipinski definition) is 2. The maximum atomic E-state index is 5.32. The fourth-order valence-corrected chi connectivity index (χ4v) is 2.11. The first-order chi connectivity index (χ1) is 8.69. The zero-order valence-electron chi connectivity index (χ0n) is 9.90. The molecular formula is C12H11N3O2S. The molecule has 0 saturated heterocycles. The van der Waals surface area contributed by atoms with Gasteiger partial charge in [0.1, 0.15) is 11.4 Å². The van der Waals surface area contributed by atoms with Gasteiger partial charge in [-0.15, -0.1) is 5.10 Å². The van der Waals surface area contributed by atoms with Crippen LogP contribution in [0.2, 0.25) is 0 Å². The van der Waals surface area contributed by atoms with Crippen molar-refractivity contribution in [3.63, 3.8) is 0 Å². The van der Waals surface area contributed by atoms with Crippen molar-refractivity contribution in [1.82, 2.24) is 15.2 Å². The van der Waals surface area contributed by atoms with E-state index in [2.05, 4.69) is 15.2 Å². The number of ether oxygens (including phenoxy) is 1. The third kappa shape index (κ3) is 1.62. The number of nitrogens with zero attached hydrogens (tertiary/aromatic N) is 1. The van der Waals surface area contributed by atoms with Crippen LogP contribution in [0.5, 0.6) is 5.75 Å². The fourth-order valence-electron chi connectivity index (χ4n) is 1.98. The first kappa shape index (κ1) is 11.0. The van der Waals surface area contributed by atoms with Gasteiger partial charge in [0.2, 0.25) is 0 Å². The summed E-state index contributed by atoms with van der Waals surface area (Å²) in [6, 6.07) is 5.85. The minimum Gasteiger partial charge on any atom is -0.497 e. The first-order valence-electron chi connectivity index (χ1n) is 5.41. The summed E-state index contributed by atoms with van der Waals surface area (Å²) in [4.78, 5) is 3.53. The van der Waals surface area contributed by atoms with Gasteiger partial charge in [-0.2, -0.15) is 0 Å². The van der Waals surface area contributed by atoms with Gasteiger partial charge in [-0.1, -0.05) is 0 Å². The van der Waals surface area contributed by atoms with E-state index in [1.165, 1.54) is 0 Å². The predicted molar refractivity (Wildman–Crippen MR) is 70.3 cm³/mol. The molecule has 5 nitrogen and oxygen atoms in total. The molecule has 0 spiro atoms. The van der Waals surface area contributed by atoms with E-state index >= 15 is 0 Å². The third-order valence-corrected chi connectivity index (χ3v) is 3.09. The molecule has 0 bridgehead atoms. The van der Waals surface area contributed by atoms with Crippen LogP contribution < -0.4 is 4.74 Å². The number of aromatic nitrogens is 3. The number of hydrogen-bond acceptors (Lipinski definition) is 4. The van der Waals surface area contributed by atoms with Crippen molar-refractivity contribution in [2.75, 3.05) is 7.11 Å². The SMILES string of the molecule is COc1ccc2[nH]c(-c3n[nH]c(=S)o3)c(C)c2c1. The lowest BCUT2D eigenvalue weighted by atomic mass is 10.1. The van der Waals surface area contributed by atoms with Crippen molar-refractivity contribution in [2.24, 2.45) is 0 Å². The second kappa shape index (κ2) is 3.99. The highest BCUT2D eigenvalue weighted by Gasteiger charge is 2.14. The van der Waals surface area contributed by atoms with Crippen LogP contribution in [0.3, 0.4) is 0 Å². The van der Waals surface area contributed by atoms with Gasteiger partial charge in [-0.25, -0.2) is 5.10 Å². The molecule has 92 valence electrons. The van der Waals surface area contributed by atoms with E-state index in [4.69, 9.17) is 21.4 Å². The van der Waals surface area contributed by atoms with Gasteiger partial charge < -0.3 is 14.1 Å². The third-order valence-electron chi connectivity index (χ3n) is 2.92. The lowest BCUT2D eigenvalue weighted by Gasteiger charge is -1.98. The molecule has 18 heavy (non-hydrogen) atoms. The van der Waals surface area contributed by atoms with Gasteiger partial charge in [-0.05, 0) is 42.9 Å². The summed E-state index contributed by atoms with van der Waals surface area (Å²) in [6.07, 6.45) is 0. The number of nitrogens with one attached hydrogen (secondary N) is 2. The van der Waals surface area contributed by atoms with E-state index in [0.29, 0.717) is 5.89 Å². The highest BCUT2D eigenvalue weighted by atomic mass is 32.1. The first-order valence-corrected chi connectivity index (χ1v) is 5.82. The van der Waals surface area contributed by atoms with E-state index < -0.39 is 0 Å². The predicted octanol–water partition coefficient (Wildman–Crippen LogP) is 3.20. The largest absolute Gasteiger partial charge is 0.497 e. The lowest BCUT2D eigenvalue weighted by molar-refractivity contribution is 0.415. The molecule has 0 aliphatic rings. The molecule has 0 atom stereocenters. The highest BCUT2D eigenvalue weighted by molar-refractivity contribution is 7.71. The normalized spacial score (nSPS) is 11.0. The molecule has 0 fully saturated rings. The summed E-state index contributed by atoms with van der Waals surface area (Å²) in [6.45, 7) is 2.00. The second-order valence-corrected chi connectivity index (χ2v) is 4.33. The average molecular weight is 261 g/mol. The quantitative estimate of drug-likeness (QED) is 0.695. The van der Waals surface area contributed by atoms with Gasteiger partial charge in [0.05, 0.1) is 7.11 Å². The minimum absolute atomic E-state index is 0.264. The Hall–Kier alpha value is -2.08. The van der Waals surface area contributed by atoms with Crippen molar-refractivity contribution in [1.29, 1.82) is 0 Å². The zero-order valence-corrected chi connectivity index (χ0v) is 10.7. The Bertz CT molecular complexity index is 769. The van der Waals surface area contributed by atoms with Crippen LogP contribution in [-0.2, 0) is 0 Å². The number of fused-ring (bicyclic) bond motifs is 1. The number of benzene rings is 1. The highest BCUT2D eigenvalue weighted by Crippen LogP contribution is 2.30. The van der Waals surface area contributed by atoms with Gasteiger partial charge in [0, 0.05) is 10.9 Å². The molecule has 0 aliphatic carbocycles. The Kier molecular flexibility index (Phi) is 2.45. The summed E-state index contributed by atoms with van der Waals surface area (Å²) in [5, 5.41) is 7.72. The van der Waals surface area contributed by atoms with Crippen molar-refractivity contribution in [3.05, 3.63) is 28.6 Å². The summed E-state index contributed by atoms with van der Waals surface area (Å²) in [5.74, 6) is 1.28. The summed E-state index contributed by atoms with van der Waals surface area (Å²) < 4.78 is 10.5. The van der Waals surface area contributed by atoms with Crippen LogP contribution in [0.4, 0.5) is 0 Å². The molecule has 2 aromatic heterocycles. The summed E-state index contributed by atoms with van der Waals surface area (Å²) in [7, 11) is 1.65. The Morgan fingerprint density at radius 2 is 2.22 bits per heavy atom. The number of aromatic amines is 2. The van der Waals surface area contributed by atoms with Crippen molar-refractivity contribution in [3.8, 4) is 17.3 Å². The van der Waals surface area contributed by atoms with Crippen LogP contribution in [0, 0.1) is 11.8 Å². The van der Waals surface area contributed by atoms with Crippen molar-refractivity contribution < 1.29 is 9.15 Å². The monoisotopic (exact) mass is 261 g/mol. The van der Waals surface area contributed by atoms with Gasteiger partial charge >= 0.3 is 0 Å². The van der Waals surface area contributed by atoms with Crippen LogP contribution in [0.1, 0.15) is 5.56 Å². The van der Waals surface area contributed by atoms with Crippen molar-refractivity contribution >= 4 is 23.1 Å². The lowest BCUT2D eigenvalue weighted by Crippen LogP contribution is -1.81. The Labute approximate surface area is 108 Å². The molecule has 1 aromatic carbocycles. The van der Waals surface area contributed by atoms with Crippen molar-refractivity contribution in [2.45, 2.75) is 6.92 Å². The van der Waals surface area contributed by atoms with E-state index in [1.807, 2.05) is 25.1 Å². The Morgan fingerprint density at radius 1 is 1.39 bits per heavy atom. The Balaban J connectivity index is 2.25. The maximum absolute atomic E-state index is 5.32. The van der Waals surface area contributed by atoms with Crippen LogP contribution in [-0.4, -0.2) is 22.3 Å². The van der Waals surface area contributed by atoms with Gasteiger partial charge in [-0.3, -0.25) is 0 Å². The maximum Gasteiger partial charge on any atom is 0.284 e. The molecule has 0 aliphatic heterocycles. The van der Waals surface area contributed by atoms with E-state index in [0.717, 1.165) is 27.9 Å². The van der Waals surface area contributed by atoms with Gasteiger partial charge in [0.25, 0.3) is 10.7 Å². The minimum atomic E-state index is 0.264. The molecule has 0 saturated carbocycles. The van der Waals surface area contributed by atoms with Crippen LogP contribution >= 0.6 is 12.2 Å². The number of H-pyrrole nitrogens is 2. The smallest absolute Gasteiger partial charge is 0.284 e. The number of methoxy groups -OCH3 is 1. The summed E-state index contributed by atoms with van der Waals surface area (Å²) >= 11 is 4.88. The van der Waals surface area contributed by atoms with Crippen LogP contribution in [0.25, 0.3) is 22.5 Å². The second-order valence-electron chi connectivity index (χ2n) is 3.95. The van der Waals surface area contributed by atoms with E-state index in [-0.39, 0.29) is 4.84 Å². The molecular weight excluding hydrogens is 250 g/mol. The molecule has 0 unspecified atom stereocenters. The zero-order chi connectivity index (χ0) is 12.7. The molecule has 2 N–H and O–H groups in total. The topological polar surface area (TPSA) is 66.8 Å². The summed E-state index contributed by atoms with van der Waals surface area (Å²) in [5.41, 5.74) is 2.88. The molecule has 6 heteroatoms. The van der Waals surface area contributed by atoms with E-state index in [9.17, 15) is 0 Å². The molecule has 0 radical (unpaired) electrons. The Morgan fingerprint density at radius 3 is 2.89 bits per heavy atom. The van der Waals surface area contributed by atoms with E-state index in [1.54, 1.807) is 7.11 Å². The van der Waals surface area contributed by atoms with Gasteiger partial charge in [0.15, 0.2) is 0 Å². The average Bonchev–Trinajstić information content (AvgIpc) is 2.94. The molecule has 0 amide bonds. The molecule has 3 aromatic rings. The van der Waals surface area contributed by atoms with Crippen LogP contribution in [0.15, 0.2) is 22.6 Å². The molecule has 3 rings (SSSR count). The molecule has 2 heterocycles. The fraction of sp³-hybridized carbons (Fsp3) is 0.167. The number of aryl methyl sites for hydroxylation is 1.